The molecule has 0 radical (unpaired) electrons. The first-order chi connectivity index (χ1) is 22.6. The molecule has 0 bridgehead atoms. The molecule has 3 aromatic carbocycles. The molecule has 1 amide bonds. The number of methoxy groups -OCH3 is 1. The van der Waals surface area contributed by atoms with Gasteiger partial charge in [-0.05, 0) is 60.2 Å². The first kappa shape index (κ1) is 29.3. The number of anilines is 4. The second kappa shape index (κ2) is 13.3. The van der Waals surface area contributed by atoms with Gasteiger partial charge in [-0.15, -0.1) is 11.3 Å². The molecule has 1 saturated heterocycles. The van der Waals surface area contributed by atoms with Crippen molar-refractivity contribution in [2.75, 3.05) is 48.9 Å². The van der Waals surface area contributed by atoms with Gasteiger partial charge in [-0.2, -0.15) is 0 Å². The Morgan fingerprint density at radius 1 is 0.978 bits per heavy atom. The number of rotatable bonds is 9. The van der Waals surface area contributed by atoms with Gasteiger partial charge in [0.1, 0.15) is 18.1 Å². The second-order valence-electron chi connectivity index (χ2n) is 10.5. The minimum atomic E-state index is -0.560. The topological polar surface area (TPSA) is 115 Å². The first-order valence-corrected chi connectivity index (χ1v) is 15.7. The van der Waals surface area contributed by atoms with E-state index in [0.717, 1.165) is 65.2 Å². The Morgan fingerprint density at radius 2 is 1.83 bits per heavy atom. The lowest BCUT2D eigenvalue weighted by molar-refractivity contribution is 0.122. The number of nitrogens with zero attached hydrogens (tertiary/aromatic N) is 5. The Hall–Kier alpha value is -5.46. The molecule has 46 heavy (non-hydrogen) atoms. The molecule has 2 N–H and O–H groups in total. The van der Waals surface area contributed by atoms with Crippen LogP contribution in [0.1, 0.15) is 5.56 Å². The van der Waals surface area contributed by atoms with Crippen LogP contribution in [0.5, 0.6) is 5.75 Å². The third-order valence-corrected chi connectivity index (χ3v) is 8.30. The number of hydrogen-bond donors (Lipinski definition) is 2. The van der Waals surface area contributed by atoms with E-state index in [1.807, 2.05) is 82.7 Å². The molecule has 6 aromatic rings. The molecule has 12 heteroatoms. The monoisotopic (exact) mass is 633 g/mol. The molecule has 0 aliphatic carbocycles. The summed E-state index contributed by atoms with van der Waals surface area (Å²) in [4.78, 5) is 30.1. The molecule has 11 nitrogen and oxygen atoms in total. The number of morpholine rings is 1. The van der Waals surface area contributed by atoms with Crippen molar-refractivity contribution >= 4 is 45.4 Å². The molecule has 1 aliphatic heterocycles. The summed E-state index contributed by atoms with van der Waals surface area (Å²) in [5, 5.41) is 8.16. The number of ether oxygens (including phenoxy) is 3. The zero-order valence-electron chi connectivity index (χ0n) is 25.1. The van der Waals surface area contributed by atoms with Crippen LogP contribution in [0, 0.1) is 0 Å². The summed E-state index contributed by atoms with van der Waals surface area (Å²) in [5.41, 5.74) is 6.55. The van der Waals surface area contributed by atoms with Crippen molar-refractivity contribution < 1.29 is 19.0 Å². The molecule has 1 fully saturated rings. The van der Waals surface area contributed by atoms with Crippen LogP contribution in [-0.4, -0.2) is 58.9 Å². The van der Waals surface area contributed by atoms with Crippen LogP contribution in [0.15, 0.2) is 96.6 Å². The van der Waals surface area contributed by atoms with Gasteiger partial charge < -0.3 is 24.4 Å². The predicted molar refractivity (Wildman–Crippen MR) is 179 cm³/mol. The molecule has 232 valence electrons. The molecule has 0 spiro atoms. The zero-order chi connectivity index (χ0) is 31.3. The van der Waals surface area contributed by atoms with Crippen LogP contribution in [-0.2, 0) is 16.1 Å². The van der Waals surface area contributed by atoms with Crippen LogP contribution >= 0.6 is 11.3 Å². The van der Waals surface area contributed by atoms with Crippen LogP contribution in [0.4, 0.5) is 27.8 Å². The lowest BCUT2D eigenvalue weighted by atomic mass is 10.1. The minimum Gasteiger partial charge on any atom is -0.497 e. The largest absolute Gasteiger partial charge is 0.497 e. The van der Waals surface area contributed by atoms with Gasteiger partial charge in [0.05, 0.1) is 31.7 Å². The summed E-state index contributed by atoms with van der Waals surface area (Å²) >= 11 is 1.54. The van der Waals surface area contributed by atoms with E-state index in [0.29, 0.717) is 23.1 Å². The second-order valence-corrected chi connectivity index (χ2v) is 11.4. The fourth-order valence-electron chi connectivity index (χ4n) is 5.30. The lowest BCUT2D eigenvalue weighted by Gasteiger charge is -2.28. The van der Waals surface area contributed by atoms with Gasteiger partial charge in [0.25, 0.3) is 0 Å². The van der Waals surface area contributed by atoms with E-state index in [1.54, 1.807) is 13.3 Å². The maximum atomic E-state index is 12.6. The van der Waals surface area contributed by atoms with Crippen molar-refractivity contribution in [2.24, 2.45) is 0 Å². The standard InChI is InChI=1S/C34H31N7O4S/c1-43-28-7-2-4-23(20-28)22-45-34(42)37-26-6-3-5-24(21-26)30-31(41-16-19-46-33(41)39-30)29-12-13-35-32(38-29)36-25-8-10-27(11-9-25)40-14-17-44-18-15-40/h2-13,16,19-21H,14-15,17-18,22H2,1H3,(H,37,42)(H,35,36,38). The van der Waals surface area contributed by atoms with Crippen LogP contribution in [0.3, 0.4) is 0 Å². The van der Waals surface area contributed by atoms with Crippen molar-refractivity contribution in [1.29, 1.82) is 0 Å². The minimum absolute atomic E-state index is 0.117. The number of amides is 1. The summed E-state index contributed by atoms with van der Waals surface area (Å²) in [7, 11) is 1.60. The Morgan fingerprint density at radius 3 is 2.67 bits per heavy atom. The predicted octanol–water partition coefficient (Wildman–Crippen LogP) is 6.86. The number of thiazole rings is 1. The molecule has 0 unspecified atom stereocenters. The van der Waals surface area contributed by atoms with Crippen molar-refractivity contribution in [2.45, 2.75) is 6.61 Å². The molecule has 4 heterocycles. The van der Waals surface area contributed by atoms with Gasteiger partial charge in [0, 0.05) is 53.5 Å². The van der Waals surface area contributed by atoms with Crippen LogP contribution < -0.4 is 20.3 Å². The van der Waals surface area contributed by atoms with E-state index in [2.05, 4.69) is 32.7 Å². The SMILES string of the molecule is COc1cccc(COC(=O)Nc2cccc(-c3nc4sccn4c3-c3ccnc(Nc4ccc(N5CCOCC5)cc4)n3)c2)c1. The Kier molecular flexibility index (Phi) is 8.44. The number of fused-ring (bicyclic) bond motifs is 1. The number of carbonyl (C=O) groups is 1. The van der Waals surface area contributed by atoms with Gasteiger partial charge in [-0.25, -0.2) is 19.7 Å². The highest BCUT2D eigenvalue weighted by Gasteiger charge is 2.19. The average Bonchev–Trinajstić information content (AvgIpc) is 3.71. The summed E-state index contributed by atoms with van der Waals surface area (Å²) in [6.07, 6.45) is 3.15. The van der Waals surface area contributed by atoms with Crippen molar-refractivity contribution in [3.05, 3.63) is 102 Å². The summed E-state index contributed by atoms with van der Waals surface area (Å²) in [5.74, 6) is 1.18. The number of hydrogen-bond acceptors (Lipinski definition) is 10. The van der Waals surface area contributed by atoms with E-state index in [4.69, 9.17) is 24.2 Å². The summed E-state index contributed by atoms with van der Waals surface area (Å²) in [6, 6.07) is 25.0. The summed E-state index contributed by atoms with van der Waals surface area (Å²) < 4.78 is 18.2. The fraction of sp³-hybridized carbons (Fsp3) is 0.176. The first-order valence-electron chi connectivity index (χ1n) is 14.8. The van der Waals surface area contributed by atoms with E-state index in [-0.39, 0.29) is 6.61 Å². The Bertz CT molecular complexity index is 1970. The highest BCUT2D eigenvalue weighted by Crippen LogP contribution is 2.35. The third-order valence-electron chi connectivity index (χ3n) is 7.55. The molecule has 0 saturated carbocycles. The van der Waals surface area contributed by atoms with Gasteiger partial charge in [0.15, 0.2) is 4.96 Å². The highest BCUT2D eigenvalue weighted by molar-refractivity contribution is 7.15. The maximum Gasteiger partial charge on any atom is 0.411 e. The number of aromatic nitrogens is 4. The van der Waals surface area contributed by atoms with Gasteiger partial charge in [0.2, 0.25) is 5.95 Å². The molecular formula is C34H31N7O4S. The van der Waals surface area contributed by atoms with E-state index < -0.39 is 6.09 Å². The van der Waals surface area contributed by atoms with Crippen molar-refractivity contribution in [3.8, 4) is 28.4 Å². The van der Waals surface area contributed by atoms with E-state index in [1.165, 1.54) is 11.3 Å². The summed E-state index contributed by atoms with van der Waals surface area (Å²) in [6.45, 7) is 3.37. The van der Waals surface area contributed by atoms with Crippen LogP contribution in [0.25, 0.3) is 27.6 Å². The third kappa shape index (κ3) is 6.48. The Balaban J connectivity index is 1.10. The zero-order valence-corrected chi connectivity index (χ0v) is 25.9. The highest BCUT2D eigenvalue weighted by atomic mass is 32.1. The molecule has 7 rings (SSSR count). The van der Waals surface area contributed by atoms with Gasteiger partial charge in [-0.1, -0.05) is 24.3 Å². The number of benzene rings is 3. The van der Waals surface area contributed by atoms with E-state index >= 15 is 0 Å². The van der Waals surface area contributed by atoms with Crippen molar-refractivity contribution in [3.63, 3.8) is 0 Å². The molecule has 0 atom stereocenters. The average molecular weight is 634 g/mol. The van der Waals surface area contributed by atoms with Gasteiger partial charge in [-0.3, -0.25) is 9.72 Å². The lowest BCUT2D eigenvalue weighted by Crippen LogP contribution is -2.36. The maximum absolute atomic E-state index is 12.6. The quantitative estimate of drug-likeness (QED) is 0.176. The number of carbonyl (C=O) groups excluding carboxylic acids is 1. The normalized spacial score (nSPS) is 13.0. The number of nitrogens with one attached hydrogen (secondary N) is 2. The van der Waals surface area contributed by atoms with Crippen molar-refractivity contribution in [1.82, 2.24) is 19.4 Å². The number of imidazole rings is 1. The molecular weight excluding hydrogens is 602 g/mol. The van der Waals surface area contributed by atoms with Crippen LogP contribution in [0.2, 0.25) is 0 Å². The smallest absolute Gasteiger partial charge is 0.411 e. The Labute approximate surface area is 269 Å². The molecule has 3 aromatic heterocycles. The fourth-order valence-corrected chi connectivity index (χ4v) is 6.01. The molecule has 1 aliphatic rings. The van der Waals surface area contributed by atoms with E-state index in [9.17, 15) is 4.79 Å². The van der Waals surface area contributed by atoms with Gasteiger partial charge >= 0.3 is 6.09 Å².